The van der Waals surface area contributed by atoms with Crippen LogP contribution in [0.1, 0.15) is 13.8 Å². The molecule has 5 fully saturated rings. The first-order valence-electron chi connectivity index (χ1n) is 18.5. The van der Waals surface area contributed by atoms with Gasteiger partial charge in [-0.1, -0.05) is 0 Å². The molecule has 25 atom stereocenters. The zero-order valence-electron chi connectivity index (χ0n) is 31.1. The minimum Gasteiger partial charge on any atom is -0.394 e. The minimum absolute atomic E-state index is 0.765. The van der Waals surface area contributed by atoms with Gasteiger partial charge in [0.05, 0.1) is 32.5 Å². The molecular formula is C32H55NO25. The first-order valence-corrected chi connectivity index (χ1v) is 18.5. The summed E-state index contributed by atoms with van der Waals surface area (Å²) in [7, 11) is 0. The molecule has 1 unspecified atom stereocenters. The van der Waals surface area contributed by atoms with Gasteiger partial charge in [0.15, 0.2) is 31.5 Å². The molecule has 0 aromatic rings. The van der Waals surface area contributed by atoms with Gasteiger partial charge in [-0.25, -0.2) is 0 Å². The quantitative estimate of drug-likeness (QED) is 0.0818. The number of carbonyl (C=O) groups excluding carboxylic acids is 1. The van der Waals surface area contributed by atoms with Crippen LogP contribution in [-0.2, 0) is 47.4 Å². The van der Waals surface area contributed by atoms with Crippen LogP contribution in [0.3, 0.4) is 0 Å². The standard InChI is InChI=1S/C32H55NO25/c1-7-14(39)18(43)21(46)29(50-7)58-27-26(57-31-23(48)20(45)16(41)10(4-35)53-31)24(55-30-22(47)19(44)15(40)9(3-34)52-30)12(6-37)54-32(27)56-25-13(33-8(2)38)28(49)51-11(5-36)17(25)42/h7,9-32,34-37,39-49H,3-6H2,1-2H3,(H,33,38)/t7-,9+,10+,11+,12+,13+,14+,15-,16-,17-,18+,19-,20-,21-,22+,23+,24-,25+,26-,27+,28?,29-,30-,31-,32-/m0/s1. The van der Waals surface area contributed by atoms with Gasteiger partial charge in [0, 0.05) is 6.92 Å². The van der Waals surface area contributed by atoms with Crippen LogP contribution in [0.2, 0.25) is 0 Å². The molecule has 26 nitrogen and oxygen atoms in total. The number of aliphatic hydroxyl groups excluding tert-OH is 15. The van der Waals surface area contributed by atoms with Crippen LogP contribution >= 0.6 is 0 Å². The van der Waals surface area contributed by atoms with E-state index in [2.05, 4.69) is 5.32 Å². The Hall–Kier alpha value is -1.49. The fourth-order valence-electron chi connectivity index (χ4n) is 7.34. The van der Waals surface area contributed by atoms with E-state index in [1.165, 1.54) is 6.92 Å². The summed E-state index contributed by atoms with van der Waals surface area (Å²) in [5.74, 6) is -0.765. The van der Waals surface area contributed by atoms with Gasteiger partial charge in [0.25, 0.3) is 0 Å². The molecule has 5 aliphatic rings. The Balaban J connectivity index is 1.62. The van der Waals surface area contributed by atoms with Crippen LogP contribution in [-0.4, -0.2) is 262 Å². The summed E-state index contributed by atoms with van der Waals surface area (Å²) in [5.41, 5.74) is 0. The third kappa shape index (κ3) is 9.75. The predicted molar refractivity (Wildman–Crippen MR) is 177 cm³/mol. The van der Waals surface area contributed by atoms with Crippen molar-refractivity contribution in [3.63, 3.8) is 0 Å². The van der Waals surface area contributed by atoms with Gasteiger partial charge in [0.2, 0.25) is 5.91 Å². The SMILES string of the molecule is CC(=O)N[C@H]1C(O)O[C@H](CO)[C@H](O)[C@@H]1O[C@@H]1O[C@H](CO)[C@H](O[C@@H]2O[C@H](CO)[C@H](O)[C@H](O)[C@H]2O)[C@H](O[C@@H]2O[C@H](CO)[C@H](O)[C@H](O)[C@H]2O)[C@H]1O[C@@H]1O[C@@H](C)[C@@H](O)[C@@H](O)[C@@H]1O. The van der Waals surface area contributed by atoms with Crippen molar-refractivity contribution < 1.29 is 124 Å². The Bertz CT molecular complexity index is 1300. The molecule has 0 spiro atoms. The topological polar surface area (TPSA) is 416 Å². The number of ether oxygens (including phenoxy) is 9. The maximum absolute atomic E-state index is 12.2. The predicted octanol–water partition coefficient (Wildman–Crippen LogP) is -10.8. The summed E-state index contributed by atoms with van der Waals surface area (Å²) in [5, 5.41) is 161. The van der Waals surface area contributed by atoms with E-state index in [-0.39, 0.29) is 0 Å². The van der Waals surface area contributed by atoms with Gasteiger partial charge in [-0.2, -0.15) is 0 Å². The number of hydrogen-bond acceptors (Lipinski definition) is 25. The number of carbonyl (C=O) groups is 1. The molecule has 5 saturated heterocycles. The fourth-order valence-corrected chi connectivity index (χ4v) is 7.34. The highest BCUT2D eigenvalue weighted by Gasteiger charge is 2.58. The summed E-state index contributed by atoms with van der Waals surface area (Å²) >= 11 is 0. The van der Waals surface area contributed by atoms with E-state index >= 15 is 0 Å². The molecule has 26 heteroatoms. The van der Waals surface area contributed by atoms with Crippen molar-refractivity contribution in [1.82, 2.24) is 5.32 Å². The Morgan fingerprint density at radius 1 is 0.448 bits per heavy atom. The van der Waals surface area contributed by atoms with Gasteiger partial charge < -0.3 is 125 Å². The summed E-state index contributed by atoms with van der Waals surface area (Å²) in [4.78, 5) is 12.2. The average molecular weight is 854 g/mol. The van der Waals surface area contributed by atoms with E-state index in [9.17, 15) is 81.4 Å². The molecule has 0 aliphatic carbocycles. The highest BCUT2D eigenvalue weighted by molar-refractivity contribution is 5.73. The number of hydrogen-bond donors (Lipinski definition) is 16. The number of nitrogens with one attached hydrogen (secondary N) is 1. The second-order valence-corrected chi connectivity index (χ2v) is 14.7. The minimum atomic E-state index is -2.14. The van der Waals surface area contributed by atoms with Crippen LogP contribution in [0, 0.1) is 0 Å². The molecule has 0 aromatic carbocycles. The molecule has 0 aromatic heterocycles. The molecule has 0 bridgehead atoms. The second-order valence-electron chi connectivity index (χ2n) is 14.7. The van der Waals surface area contributed by atoms with Crippen molar-refractivity contribution in [3.8, 4) is 0 Å². The molecular weight excluding hydrogens is 798 g/mol. The average Bonchev–Trinajstić information content (AvgIpc) is 3.19. The summed E-state index contributed by atoms with van der Waals surface area (Å²) in [6.45, 7) is -1.46. The Labute approximate surface area is 329 Å². The summed E-state index contributed by atoms with van der Waals surface area (Å²) < 4.78 is 52.3. The smallest absolute Gasteiger partial charge is 0.217 e. The molecule has 338 valence electrons. The maximum atomic E-state index is 12.2. The van der Waals surface area contributed by atoms with E-state index in [4.69, 9.17) is 42.6 Å². The van der Waals surface area contributed by atoms with Gasteiger partial charge in [-0.05, 0) is 6.92 Å². The monoisotopic (exact) mass is 853 g/mol. The lowest BCUT2D eigenvalue weighted by Crippen LogP contribution is -2.71. The largest absolute Gasteiger partial charge is 0.394 e. The summed E-state index contributed by atoms with van der Waals surface area (Å²) in [6, 6.07) is -1.63. The fraction of sp³-hybridized carbons (Fsp3) is 0.969. The lowest BCUT2D eigenvalue weighted by molar-refractivity contribution is -0.415. The van der Waals surface area contributed by atoms with Crippen molar-refractivity contribution in [2.75, 3.05) is 26.4 Å². The van der Waals surface area contributed by atoms with Crippen molar-refractivity contribution in [2.24, 2.45) is 0 Å². The highest BCUT2D eigenvalue weighted by Crippen LogP contribution is 2.38. The van der Waals surface area contributed by atoms with Crippen LogP contribution in [0.15, 0.2) is 0 Å². The maximum Gasteiger partial charge on any atom is 0.217 e. The third-order valence-corrected chi connectivity index (χ3v) is 10.7. The zero-order chi connectivity index (χ0) is 42.9. The lowest BCUT2D eigenvalue weighted by atomic mass is 9.94. The Morgan fingerprint density at radius 3 is 1.33 bits per heavy atom. The van der Waals surface area contributed by atoms with E-state index in [1.54, 1.807) is 0 Å². The molecule has 0 radical (unpaired) electrons. The van der Waals surface area contributed by atoms with Crippen molar-refractivity contribution in [1.29, 1.82) is 0 Å². The second kappa shape index (κ2) is 20.1. The molecule has 58 heavy (non-hydrogen) atoms. The number of amides is 1. The highest BCUT2D eigenvalue weighted by atomic mass is 16.8. The van der Waals surface area contributed by atoms with Crippen LogP contribution in [0.4, 0.5) is 0 Å². The first kappa shape index (κ1) is 47.6. The Morgan fingerprint density at radius 2 is 0.845 bits per heavy atom. The molecule has 1 amide bonds. The van der Waals surface area contributed by atoms with Crippen LogP contribution in [0.25, 0.3) is 0 Å². The van der Waals surface area contributed by atoms with Crippen LogP contribution in [0.5, 0.6) is 0 Å². The van der Waals surface area contributed by atoms with Crippen molar-refractivity contribution >= 4 is 5.91 Å². The van der Waals surface area contributed by atoms with E-state index in [0.717, 1.165) is 6.92 Å². The van der Waals surface area contributed by atoms with Gasteiger partial charge >= 0.3 is 0 Å². The van der Waals surface area contributed by atoms with E-state index in [0.29, 0.717) is 0 Å². The molecule has 0 saturated carbocycles. The van der Waals surface area contributed by atoms with Gasteiger partial charge in [-0.3, -0.25) is 4.79 Å². The van der Waals surface area contributed by atoms with E-state index in [1.807, 2.05) is 0 Å². The zero-order valence-corrected chi connectivity index (χ0v) is 31.1. The summed E-state index contributed by atoms with van der Waals surface area (Å²) in [6.07, 6.45) is -45.2. The normalized spacial score (nSPS) is 51.6. The van der Waals surface area contributed by atoms with Crippen molar-refractivity contribution in [3.05, 3.63) is 0 Å². The number of aliphatic hydroxyl groups is 15. The molecule has 5 heterocycles. The Kier molecular flexibility index (Phi) is 16.5. The van der Waals surface area contributed by atoms with Gasteiger partial charge in [0.1, 0.15) is 116 Å². The molecule has 16 N–H and O–H groups in total. The molecule has 5 rings (SSSR count). The third-order valence-electron chi connectivity index (χ3n) is 10.7. The van der Waals surface area contributed by atoms with Crippen molar-refractivity contribution in [2.45, 2.75) is 167 Å². The number of rotatable bonds is 13. The first-order chi connectivity index (χ1) is 27.4. The van der Waals surface area contributed by atoms with Crippen LogP contribution < -0.4 is 5.32 Å². The molecule has 5 aliphatic heterocycles. The van der Waals surface area contributed by atoms with E-state index < -0.39 is 186 Å². The van der Waals surface area contributed by atoms with Gasteiger partial charge in [-0.15, -0.1) is 0 Å². The lowest BCUT2D eigenvalue weighted by Gasteiger charge is -2.52.